The number of nitrogens with zero attached hydrogens (tertiary/aromatic N) is 1. The van der Waals surface area contributed by atoms with Gasteiger partial charge in [0.2, 0.25) is 0 Å². The number of carbonyl (C=O) groups excluding carboxylic acids is 1. The molecule has 0 spiro atoms. The molecule has 0 radical (unpaired) electrons. The summed E-state index contributed by atoms with van der Waals surface area (Å²) in [7, 11) is 0. The first-order valence-corrected chi connectivity index (χ1v) is 6.15. The van der Waals surface area contributed by atoms with Crippen molar-refractivity contribution >= 4 is 17.5 Å². The van der Waals surface area contributed by atoms with Crippen molar-refractivity contribution < 1.29 is 9.21 Å². The van der Waals surface area contributed by atoms with Crippen molar-refractivity contribution in [3.05, 3.63) is 23.7 Å². The van der Waals surface area contributed by atoms with Gasteiger partial charge in [-0.3, -0.25) is 4.79 Å². The second-order valence-electron chi connectivity index (χ2n) is 4.32. The van der Waals surface area contributed by atoms with Gasteiger partial charge in [-0.25, -0.2) is 0 Å². The molecule has 2 heterocycles. The van der Waals surface area contributed by atoms with Crippen molar-refractivity contribution in [2.75, 3.05) is 19.0 Å². The van der Waals surface area contributed by atoms with E-state index in [2.05, 4.69) is 0 Å². The van der Waals surface area contributed by atoms with Crippen LogP contribution < -0.4 is 0 Å². The van der Waals surface area contributed by atoms with Gasteiger partial charge in [0.1, 0.15) is 0 Å². The Morgan fingerprint density at radius 2 is 2.25 bits per heavy atom. The molecule has 16 heavy (non-hydrogen) atoms. The van der Waals surface area contributed by atoms with E-state index in [1.807, 2.05) is 17.9 Å². The van der Waals surface area contributed by atoms with E-state index < -0.39 is 0 Å². The first kappa shape index (κ1) is 11.5. The third kappa shape index (κ3) is 2.24. The highest BCUT2D eigenvalue weighted by atomic mass is 35.5. The molecule has 0 saturated carbocycles. The number of carbonyl (C=O) groups is 1. The van der Waals surface area contributed by atoms with Crippen LogP contribution in [0.25, 0.3) is 0 Å². The van der Waals surface area contributed by atoms with Crippen molar-refractivity contribution in [1.82, 2.24) is 4.90 Å². The van der Waals surface area contributed by atoms with E-state index in [1.165, 1.54) is 0 Å². The van der Waals surface area contributed by atoms with Crippen LogP contribution in [0.2, 0.25) is 0 Å². The molecule has 1 aromatic heterocycles. The van der Waals surface area contributed by atoms with E-state index in [-0.39, 0.29) is 5.91 Å². The highest BCUT2D eigenvalue weighted by Crippen LogP contribution is 2.21. The zero-order valence-electron chi connectivity index (χ0n) is 9.41. The number of halogens is 1. The van der Waals surface area contributed by atoms with Crippen LogP contribution in [0.4, 0.5) is 0 Å². The molecule has 1 aliphatic heterocycles. The second kappa shape index (κ2) is 4.91. The molecule has 1 aliphatic rings. The van der Waals surface area contributed by atoms with Crippen LogP contribution in [0.5, 0.6) is 0 Å². The third-order valence-corrected chi connectivity index (χ3v) is 3.61. The molecule has 88 valence electrons. The monoisotopic (exact) mass is 241 g/mol. The minimum absolute atomic E-state index is 0.00974. The number of amides is 1. The van der Waals surface area contributed by atoms with Crippen LogP contribution in [0.1, 0.15) is 29.0 Å². The average Bonchev–Trinajstić information content (AvgIpc) is 2.75. The summed E-state index contributed by atoms with van der Waals surface area (Å²) < 4.78 is 5.22. The number of likely N-dealkylation sites (tertiary alicyclic amines) is 1. The number of alkyl halides is 1. The lowest BCUT2D eigenvalue weighted by molar-refractivity contribution is 0.0665. The lowest BCUT2D eigenvalue weighted by Crippen LogP contribution is -2.38. The molecule has 3 nitrogen and oxygen atoms in total. The quantitative estimate of drug-likeness (QED) is 0.746. The van der Waals surface area contributed by atoms with Gasteiger partial charge in [-0.2, -0.15) is 0 Å². The van der Waals surface area contributed by atoms with Gasteiger partial charge >= 0.3 is 0 Å². The molecule has 1 aromatic rings. The average molecular weight is 242 g/mol. The van der Waals surface area contributed by atoms with Gasteiger partial charge in [-0.1, -0.05) is 0 Å². The lowest BCUT2D eigenvalue weighted by Gasteiger charge is -2.30. The fraction of sp³-hybridized carbons (Fsp3) is 0.583. The third-order valence-electron chi connectivity index (χ3n) is 3.18. The Kier molecular flexibility index (Phi) is 3.54. The van der Waals surface area contributed by atoms with Crippen LogP contribution >= 0.6 is 11.6 Å². The van der Waals surface area contributed by atoms with Gasteiger partial charge in [0, 0.05) is 24.5 Å². The molecule has 0 N–H and O–H groups in total. The van der Waals surface area contributed by atoms with Crippen LogP contribution in [0.3, 0.4) is 0 Å². The molecule has 0 unspecified atom stereocenters. The van der Waals surface area contributed by atoms with Crippen molar-refractivity contribution in [3.63, 3.8) is 0 Å². The fourth-order valence-corrected chi connectivity index (χ4v) is 2.33. The van der Waals surface area contributed by atoms with Crippen molar-refractivity contribution in [2.24, 2.45) is 5.92 Å². The van der Waals surface area contributed by atoms with Gasteiger partial charge in [-0.05, 0) is 31.7 Å². The van der Waals surface area contributed by atoms with E-state index >= 15 is 0 Å². The summed E-state index contributed by atoms with van der Waals surface area (Å²) in [5.41, 5.74) is 0.907. The molecule has 1 fully saturated rings. The minimum Gasteiger partial charge on any atom is -0.459 e. The fourth-order valence-electron chi connectivity index (χ4n) is 2.03. The Hall–Kier alpha value is -0.960. The van der Waals surface area contributed by atoms with Gasteiger partial charge in [0.05, 0.1) is 6.26 Å². The van der Waals surface area contributed by atoms with E-state index in [0.29, 0.717) is 17.6 Å². The largest absolute Gasteiger partial charge is 0.459 e. The predicted molar refractivity (Wildman–Crippen MR) is 62.8 cm³/mol. The van der Waals surface area contributed by atoms with Crippen molar-refractivity contribution in [1.29, 1.82) is 0 Å². The maximum atomic E-state index is 12.1. The molecule has 4 heteroatoms. The van der Waals surface area contributed by atoms with E-state index in [1.54, 1.807) is 6.26 Å². The number of furan rings is 1. The zero-order chi connectivity index (χ0) is 11.5. The first-order valence-electron chi connectivity index (χ1n) is 5.61. The normalized spacial score (nSPS) is 17.8. The summed E-state index contributed by atoms with van der Waals surface area (Å²) in [5.74, 6) is 1.74. The standard InChI is InChI=1S/C12H16ClNO2/c1-9-4-7-16-11(9)12(15)14-5-2-10(8-13)3-6-14/h4,7,10H,2-3,5-6,8H2,1H3. The number of hydrogen-bond acceptors (Lipinski definition) is 2. The highest BCUT2D eigenvalue weighted by Gasteiger charge is 2.25. The van der Waals surface area contributed by atoms with Crippen molar-refractivity contribution in [2.45, 2.75) is 19.8 Å². The molecule has 0 aromatic carbocycles. The topological polar surface area (TPSA) is 33.5 Å². The smallest absolute Gasteiger partial charge is 0.289 e. The SMILES string of the molecule is Cc1ccoc1C(=O)N1CCC(CCl)CC1. The summed E-state index contributed by atoms with van der Waals surface area (Å²) in [4.78, 5) is 13.9. The summed E-state index contributed by atoms with van der Waals surface area (Å²) in [6, 6.07) is 1.82. The van der Waals surface area contributed by atoms with Gasteiger partial charge < -0.3 is 9.32 Å². The Bertz CT molecular complexity index is 367. The molecule has 1 amide bonds. The second-order valence-corrected chi connectivity index (χ2v) is 4.63. The Labute approximate surface area is 100 Å². The lowest BCUT2D eigenvalue weighted by atomic mass is 9.99. The first-order chi connectivity index (χ1) is 7.72. The van der Waals surface area contributed by atoms with Gasteiger partial charge in [-0.15, -0.1) is 11.6 Å². The summed E-state index contributed by atoms with van der Waals surface area (Å²) in [6.07, 6.45) is 3.55. The van der Waals surface area contributed by atoms with Gasteiger partial charge in [0.25, 0.3) is 5.91 Å². The summed E-state index contributed by atoms with van der Waals surface area (Å²) in [5, 5.41) is 0. The number of hydrogen-bond donors (Lipinski definition) is 0. The molecule has 1 saturated heterocycles. The summed E-state index contributed by atoms with van der Waals surface area (Å²) >= 11 is 5.81. The van der Waals surface area contributed by atoms with E-state index in [4.69, 9.17) is 16.0 Å². The maximum Gasteiger partial charge on any atom is 0.289 e. The van der Waals surface area contributed by atoms with Crippen LogP contribution in [-0.4, -0.2) is 29.8 Å². The van der Waals surface area contributed by atoms with E-state index in [0.717, 1.165) is 31.5 Å². The van der Waals surface area contributed by atoms with E-state index in [9.17, 15) is 4.79 Å². The molecular formula is C12H16ClNO2. The summed E-state index contributed by atoms with van der Waals surface area (Å²) in [6.45, 7) is 3.47. The van der Waals surface area contributed by atoms with Gasteiger partial charge in [0.15, 0.2) is 5.76 Å². The Morgan fingerprint density at radius 1 is 1.56 bits per heavy atom. The molecule has 0 atom stereocenters. The highest BCUT2D eigenvalue weighted by molar-refractivity contribution is 6.18. The van der Waals surface area contributed by atoms with Crippen LogP contribution in [-0.2, 0) is 0 Å². The molecule has 2 rings (SSSR count). The molecular weight excluding hydrogens is 226 g/mol. The number of aryl methyl sites for hydroxylation is 1. The van der Waals surface area contributed by atoms with Crippen LogP contribution in [0, 0.1) is 12.8 Å². The Balaban J connectivity index is 2.00. The number of piperidine rings is 1. The molecule has 0 bridgehead atoms. The van der Waals surface area contributed by atoms with Crippen molar-refractivity contribution in [3.8, 4) is 0 Å². The predicted octanol–water partition coefficient (Wildman–Crippen LogP) is 2.68. The Morgan fingerprint density at radius 3 is 2.75 bits per heavy atom. The minimum atomic E-state index is 0.00974. The zero-order valence-corrected chi connectivity index (χ0v) is 10.2. The van der Waals surface area contributed by atoms with Crippen LogP contribution in [0.15, 0.2) is 16.7 Å². The molecule has 0 aliphatic carbocycles. The number of rotatable bonds is 2. The maximum absolute atomic E-state index is 12.1.